The van der Waals surface area contributed by atoms with E-state index in [1.165, 1.54) is 12.1 Å². The Hall–Kier alpha value is -4.33. The molecule has 1 aromatic heterocycles. The van der Waals surface area contributed by atoms with Crippen molar-refractivity contribution in [2.75, 3.05) is 0 Å². The molecule has 4 rings (SSSR count). The highest BCUT2D eigenvalue weighted by Gasteiger charge is 2.21. The Bertz CT molecular complexity index is 1130. The van der Waals surface area contributed by atoms with Crippen molar-refractivity contribution in [1.82, 2.24) is 14.8 Å². The summed E-state index contributed by atoms with van der Waals surface area (Å²) in [6, 6.07) is 24.7. The minimum Gasteiger partial charge on any atom is -0.455 e. The van der Waals surface area contributed by atoms with Crippen LogP contribution in [0.2, 0.25) is 0 Å². The molecule has 0 atom stereocenters. The molecule has 0 radical (unpaired) electrons. The highest BCUT2D eigenvalue weighted by Crippen LogP contribution is 2.22. The second kappa shape index (κ2) is 8.36. The number of esters is 1. The quantitative estimate of drug-likeness (QED) is 0.273. The van der Waals surface area contributed by atoms with Crippen LogP contribution in [0.5, 0.6) is 0 Å². The fourth-order valence-corrected chi connectivity index (χ4v) is 2.94. The topological polar surface area (TPSA) is 100 Å². The van der Waals surface area contributed by atoms with Crippen molar-refractivity contribution < 1.29 is 14.5 Å². The van der Waals surface area contributed by atoms with Gasteiger partial charge in [-0.15, -0.1) is 5.10 Å². The SMILES string of the molecule is O=C(OCc1ccccc1[N+](=O)[O-])c1nc(-c2ccccc2)n(-c2ccccc2)n1. The molecule has 3 aromatic carbocycles. The number of nitrogens with zero attached hydrogens (tertiary/aromatic N) is 4. The zero-order chi connectivity index (χ0) is 20.9. The molecule has 1 heterocycles. The van der Waals surface area contributed by atoms with Gasteiger partial charge in [0.25, 0.3) is 11.5 Å². The van der Waals surface area contributed by atoms with Crippen molar-refractivity contribution in [3.8, 4) is 17.1 Å². The fraction of sp³-hybridized carbons (Fsp3) is 0.0455. The minimum absolute atomic E-state index is 0.113. The minimum atomic E-state index is -0.764. The Labute approximate surface area is 171 Å². The summed E-state index contributed by atoms with van der Waals surface area (Å²) in [5, 5.41) is 15.5. The van der Waals surface area contributed by atoms with Crippen LogP contribution in [0.4, 0.5) is 5.69 Å². The van der Waals surface area contributed by atoms with E-state index in [4.69, 9.17) is 4.74 Å². The molecule has 0 spiro atoms. The first-order chi connectivity index (χ1) is 14.6. The van der Waals surface area contributed by atoms with Gasteiger partial charge < -0.3 is 4.74 Å². The van der Waals surface area contributed by atoms with Crippen LogP contribution >= 0.6 is 0 Å². The normalized spacial score (nSPS) is 10.5. The van der Waals surface area contributed by atoms with E-state index in [-0.39, 0.29) is 18.1 Å². The molecule has 0 aliphatic carbocycles. The van der Waals surface area contributed by atoms with Gasteiger partial charge in [0, 0.05) is 11.6 Å². The maximum absolute atomic E-state index is 12.6. The third-order valence-electron chi connectivity index (χ3n) is 4.37. The lowest BCUT2D eigenvalue weighted by molar-refractivity contribution is -0.385. The summed E-state index contributed by atoms with van der Waals surface area (Å²) >= 11 is 0. The average Bonchev–Trinajstić information content (AvgIpc) is 3.24. The lowest BCUT2D eigenvalue weighted by atomic mass is 10.2. The zero-order valence-corrected chi connectivity index (χ0v) is 15.7. The van der Waals surface area contributed by atoms with E-state index in [1.54, 1.807) is 16.8 Å². The Morgan fingerprint density at radius 3 is 2.27 bits per heavy atom. The van der Waals surface area contributed by atoms with Gasteiger partial charge in [0.05, 0.1) is 16.2 Å². The molecule has 0 bridgehead atoms. The first-order valence-electron chi connectivity index (χ1n) is 9.11. The fourth-order valence-electron chi connectivity index (χ4n) is 2.94. The molecule has 30 heavy (non-hydrogen) atoms. The number of hydrogen-bond donors (Lipinski definition) is 0. The van der Waals surface area contributed by atoms with E-state index >= 15 is 0 Å². The van der Waals surface area contributed by atoms with Crippen molar-refractivity contribution in [1.29, 1.82) is 0 Å². The number of para-hydroxylation sites is 2. The smallest absolute Gasteiger partial charge is 0.378 e. The molecule has 4 aromatic rings. The van der Waals surface area contributed by atoms with Gasteiger partial charge in [-0.25, -0.2) is 14.5 Å². The number of carbonyl (C=O) groups is 1. The van der Waals surface area contributed by atoms with Crippen LogP contribution in [0.25, 0.3) is 17.1 Å². The van der Waals surface area contributed by atoms with Crippen LogP contribution in [-0.4, -0.2) is 25.7 Å². The lowest BCUT2D eigenvalue weighted by Gasteiger charge is -2.05. The third-order valence-corrected chi connectivity index (χ3v) is 4.37. The summed E-state index contributed by atoms with van der Waals surface area (Å²) in [6.07, 6.45) is 0. The molecule has 8 nitrogen and oxygen atoms in total. The van der Waals surface area contributed by atoms with Crippen molar-refractivity contribution in [2.45, 2.75) is 6.61 Å². The molecule has 0 unspecified atom stereocenters. The second-order valence-corrected chi connectivity index (χ2v) is 6.33. The third kappa shape index (κ3) is 3.93. The second-order valence-electron chi connectivity index (χ2n) is 6.33. The molecule has 0 saturated carbocycles. The molecule has 148 valence electrons. The monoisotopic (exact) mass is 400 g/mol. The van der Waals surface area contributed by atoms with Gasteiger partial charge >= 0.3 is 5.97 Å². The molecular weight excluding hydrogens is 384 g/mol. The molecule has 0 saturated heterocycles. The van der Waals surface area contributed by atoms with Crippen molar-refractivity contribution >= 4 is 11.7 Å². The van der Waals surface area contributed by atoms with Crippen LogP contribution in [0, 0.1) is 10.1 Å². The highest BCUT2D eigenvalue weighted by molar-refractivity contribution is 5.86. The van der Waals surface area contributed by atoms with Gasteiger partial charge in [-0.3, -0.25) is 10.1 Å². The first-order valence-corrected chi connectivity index (χ1v) is 9.11. The molecule has 8 heteroatoms. The molecular formula is C22H16N4O4. The van der Waals surface area contributed by atoms with Gasteiger partial charge in [-0.2, -0.15) is 0 Å². The number of carbonyl (C=O) groups excluding carboxylic acids is 1. The summed E-state index contributed by atoms with van der Waals surface area (Å²) in [6.45, 7) is -0.253. The van der Waals surface area contributed by atoms with Gasteiger partial charge in [0.15, 0.2) is 5.82 Å². The Balaban J connectivity index is 1.64. The highest BCUT2D eigenvalue weighted by atomic mass is 16.6. The van der Waals surface area contributed by atoms with E-state index < -0.39 is 10.9 Å². The van der Waals surface area contributed by atoms with E-state index in [0.717, 1.165) is 11.3 Å². The number of rotatable bonds is 6. The summed E-state index contributed by atoms with van der Waals surface area (Å²) in [7, 11) is 0. The van der Waals surface area contributed by atoms with Crippen LogP contribution in [0.1, 0.15) is 16.2 Å². The van der Waals surface area contributed by atoms with Crippen LogP contribution in [0.15, 0.2) is 84.9 Å². The lowest BCUT2D eigenvalue weighted by Crippen LogP contribution is -2.09. The molecule has 0 aliphatic rings. The van der Waals surface area contributed by atoms with E-state index in [2.05, 4.69) is 10.1 Å². The summed E-state index contributed by atoms with van der Waals surface area (Å²) in [5.74, 6) is -0.407. The molecule has 0 N–H and O–H groups in total. The standard InChI is InChI=1S/C22H16N4O4/c27-22(30-15-17-11-7-8-14-19(17)26(28)29)20-23-21(16-9-3-1-4-10-16)25(24-20)18-12-5-2-6-13-18/h1-14H,15H2. The Kier molecular flexibility index (Phi) is 5.29. The number of hydrogen-bond acceptors (Lipinski definition) is 6. The summed E-state index contributed by atoms with van der Waals surface area (Å²) in [4.78, 5) is 27.6. The van der Waals surface area contributed by atoms with E-state index in [0.29, 0.717) is 11.4 Å². The Morgan fingerprint density at radius 1 is 0.933 bits per heavy atom. The molecule has 0 aliphatic heterocycles. The van der Waals surface area contributed by atoms with Crippen LogP contribution < -0.4 is 0 Å². The van der Waals surface area contributed by atoms with E-state index in [9.17, 15) is 14.9 Å². The van der Waals surface area contributed by atoms with Gasteiger partial charge in [0.1, 0.15) is 6.61 Å². The molecule has 0 amide bonds. The van der Waals surface area contributed by atoms with Crippen LogP contribution in [-0.2, 0) is 11.3 Å². The van der Waals surface area contributed by atoms with Crippen molar-refractivity contribution in [3.63, 3.8) is 0 Å². The number of ether oxygens (including phenoxy) is 1. The zero-order valence-electron chi connectivity index (χ0n) is 15.7. The number of benzene rings is 3. The van der Waals surface area contributed by atoms with Crippen molar-refractivity contribution in [2.24, 2.45) is 0 Å². The predicted molar refractivity (Wildman–Crippen MR) is 109 cm³/mol. The number of aromatic nitrogens is 3. The summed E-state index contributed by atoms with van der Waals surface area (Å²) in [5.41, 5.74) is 1.70. The maximum Gasteiger partial charge on any atom is 0.378 e. The first kappa shape index (κ1) is 19.0. The largest absolute Gasteiger partial charge is 0.455 e. The summed E-state index contributed by atoms with van der Waals surface area (Å²) < 4.78 is 6.83. The Morgan fingerprint density at radius 2 is 1.57 bits per heavy atom. The van der Waals surface area contributed by atoms with Crippen molar-refractivity contribution in [3.05, 3.63) is 106 Å². The number of nitro groups is 1. The maximum atomic E-state index is 12.6. The number of nitro benzene ring substituents is 1. The van der Waals surface area contributed by atoms with Gasteiger partial charge in [0.2, 0.25) is 0 Å². The van der Waals surface area contributed by atoms with Crippen LogP contribution in [0.3, 0.4) is 0 Å². The van der Waals surface area contributed by atoms with E-state index in [1.807, 2.05) is 60.7 Å². The van der Waals surface area contributed by atoms with Gasteiger partial charge in [-0.1, -0.05) is 60.7 Å². The average molecular weight is 400 g/mol. The molecule has 0 fully saturated rings. The van der Waals surface area contributed by atoms with Gasteiger partial charge in [-0.05, 0) is 18.2 Å². The predicted octanol–water partition coefficient (Wildman–Crippen LogP) is 4.20.